The van der Waals surface area contributed by atoms with Gasteiger partial charge >= 0.3 is 0 Å². The standard InChI is InChI=1S/C20H31N3O.HI/c1-15-8-9-19(24-3)16(12-15)10-11-22-20(21-2)23-13-17-6-4-5-7-18(17)14-23;/h8-9,12,17-18H,4-7,10-11,13-14H2,1-3H3,(H,21,22);1H. The molecule has 0 amide bonds. The molecule has 0 aromatic heterocycles. The maximum absolute atomic E-state index is 5.48. The molecule has 1 saturated carbocycles. The summed E-state index contributed by atoms with van der Waals surface area (Å²) in [7, 11) is 3.64. The number of hydrogen-bond donors (Lipinski definition) is 1. The summed E-state index contributed by atoms with van der Waals surface area (Å²) < 4.78 is 5.48. The third kappa shape index (κ3) is 5.02. The summed E-state index contributed by atoms with van der Waals surface area (Å²) in [6.45, 7) is 5.37. The molecule has 2 fully saturated rings. The molecule has 3 rings (SSSR count). The number of halogens is 1. The van der Waals surface area contributed by atoms with Crippen LogP contribution in [0.1, 0.15) is 36.8 Å². The predicted molar refractivity (Wildman–Crippen MR) is 115 cm³/mol. The number of likely N-dealkylation sites (tertiary alicyclic amines) is 1. The maximum Gasteiger partial charge on any atom is 0.193 e. The van der Waals surface area contributed by atoms with Gasteiger partial charge in [-0.05, 0) is 49.7 Å². The Hall–Kier alpha value is -0.980. The van der Waals surface area contributed by atoms with Crippen LogP contribution in [0.3, 0.4) is 0 Å². The molecule has 2 aliphatic rings. The SMILES string of the molecule is CN=C(NCCc1cc(C)ccc1OC)N1CC2CCCCC2C1.I. The van der Waals surface area contributed by atoms with Crippen LogP contribution in [0.2, 0.25) is 0 Å². The third-order valence-corrected chi connectivity index (χ3v) is 5.60. The van der Waals surface area contributed by atoms with Gasteiger partial charge in [-0.1, -0.05) is 30.5 Å². The highest BCUT2D eigenvalue weighted by atomic mass is 127. The lowest BCUT2D eigenvalue weighted by Gasteiger charge is -2.22. The molecule has 25 heavy (non-hydrogen) atoms. The first-order valence-corrected chi connectivity index (χ1v) is 9.30. The highest BCUT2D eigenvalue weighted by molar-refractivity contribution is 14.0. The van der Waals surface area contributed by atoms with Crippen molar-refractivity contribution in [2.24, 2.45) is 16.8 Å². The van der Waals surface area contributed by atoms with Crippen LogP contribution >= 0.6 is 24.0 Å². The number of hydrogen-bond acceptors (Lipinski definition) is 2. The highest BCUT2D eigenvalue weighted by Crippen LogP contribution is 2.35. The number of methoxy groups -OCH3 is 1. The molecule has 1 aliphatic heterocycles. The topological polar surface area (TPSA) is 36.9 Å². The van der Waals surface area contributed by atoms with Gasteiger partial charge in [0.25, 0.3) is 0 Å². The first kappa shape index (κ1) is 20.3. The summed E-state index contributed by atoms with van der Waals surface area (Å²) in [5, 5.41) is 3.56. The molecule has 1 aromatic carbocycles. The Kier molecular flexibility index (Phi) is 7.84. The van der Waals surface area contributed by atoms with E-state index in [0.717, 1.165) is 36.5 Å². The van der Waals surface area contributed by atoms with E-state index in [4.69, 9.17) is 4.74 Å². The Bertz CT molecular complexity index is 576. The maximum atomic E-state index is 5.48. The van der Waals surface area contributed by atoms with Gasteiger partial charge in [-0.15, -0.1) is 24.0 Å². The third-order valence-electron chi connectivity index (χ3n) is 5.60. The minimum atomic E-state index is 0. The number of aliphatic imine (C=N–C) groups is 1. The lowest BCUT2D eigenvalue weighted by molar-refractivity contribution is 0.299. The largest absolute Gasteiger partial charge is 0.496 e. The lowest BCUT2D eigenvalue weighted by atomic mass is 9.82. The number of benzene rings is 1. The van der Waals surface area contributed by atoms with Gasteiger partial charge in [0, 0.05) is 26.7 Å². The van der Waals surface area contributed by atoms with E-state index in [1.165, 1.54) is 49.9 Å². The van der Waals surface area contributed by atoms with Gasteiger partial charge < -0.3 is 15.0 Å². The van der Waals surface area contributed by atoms with Crippen LogP contribution < -0.4 is 10.1 Å². The molecule has 2 atom stereocenters. The molecular formula is C20H32IN3O. The van der Waals surface area contributed by atoms with Gasteiger partial charge in [-0.2, -0.15) is 0 Å². The normalized spacial score (nSPS) is 23.0. The molecule has 0 spiro atoms. The second kappa shape index (κ2) is 9.64. The van der Waals surface area contributed by atoms with Gasteiger partial charge in [0.1, 0.15) is 5.75 Å². The lowest BCUT2D eigenvalue weighted by Crippen LogP contribution is -2.41. The zero-order valence-electron chi connectivity index (χ0n) is 15.8. The van der Waals surface area contributed by atoms with Crippen molar-refractivity contribution in [3.63, 3.8) is 0 Å². The fraction of sp³-hybridized carbons (Fsp3) is 0.650. The number of guanidine groups is 1. The average Bonchev–Trinajstić information content (AvgIpc) is 3.02. The highest BCUT2D eigenvalue weighted by Gasteiger charge is 2.35. The summed E-state index contributed by atoms with van der Waals surface area (Å²) in [5.74, 6) is 3.81. The summed E-state index contributed by atoms with van der Waals surface area (Å²) >= 11 is 0. The fourth-order valence-electron chi connectivity index (χ4n) is 4.32. The Balaban J connectivity index is 0.00000225. The van der Waals surface area contributed by atoms with E-state index in [1.54, 1.807) is 7.11 Å². The molecule has 2 unspecified atom stereocenters. The van der Waals surface area contributed by atoms with Crippen molar-refractivity contribution >= 4 is 29.9 Å². The number of nitrogens with zero attached hydrogens (tertiary/aromatic N) is 2. The summed E-state index contributed by atoms with van der Waals surface area (Å²) in [6, 6.07) is 6.37. The van der Waals surface area contributed by atoms with Crippen molar-refractivity contribution in [1.29, 1.82) is 0 Å². The van der Waals surface area contributed by atoms with E-state index < -0.39 is 0 Å². The minimum Gasteiger partial charge on any atom is -0.496 e. The van der Waals surface area contributed by atoms with Crippen LogP contribution in [0.25, 0.3) is 0 Å². The van der Waals surface area contributed by atoms with Crippen LogP contribution in [-0.4, -0.2) is 44.7 Å². The van der Waals surface area contributed by atoms with E-state index in [1.807, 2.05) is 7.05 Å². The Morgan fingerprint density at radius 1 is 1.24 bits per heavy atom. The summed E-state index contributed by atoms with van der Waals surface area (Å²) in [6.07, 6.45) is 6.57. The van der Waals surface area contributed by atoms with Gasteiger partial charge in [-0.3, -0.25) is 4.99 Å². The van der Waals surface area contributed by atoms with Gasteiger partial charge in [0.05, 0.1) is 7.11 Å². The molecule has 5 heteroatoms. The minimum absolute atomic E-state index is 0. The van der Waals surface area contributed by atoms with Gasteiger partial charge in [0.15, 0.2) is 5.96 Å². The Labute approximate surface area is 169 Å². The fourth-order valence-corrected chi connectivity index (χ4v) is 4.32. The summed E-state index contributed by atoms with van der Waals surface area (Å²) in [4.78, 5) is 6.99. The predicted octanol–water partition coefficient (Wildman–Crippen LogP) is 3.86. The van der Waals surface area contributed by atoms with Crippen molar-refractivity contribution in [3.8, 4) is 5.75 Å². The first-order valence-electron chi connectivity index (χ1n) is 9.30. The first-order chi connectivity index (χ1) is 11.7. The molecule has 4 nitrogen and oxygen atoms in total. The second-order valence-corrected chi connectivity index (χ2v) is 7.25. The van der Waals surface area contributed by atoms with E-state index in [-0.39, 0.29) is 24.0 Å². The molecule has 1 N–H and O–H groups in total. The van der Waals surface area contributed by atoms with E-state index >= 15 is 0 Å². The quantitative estimate of drug-likeness (QED) is 0.424. The van der Waals surface area contributed by atoms with Gasteiger partial charge in [-0.25, -0.2) is 0 Å². The van der Waals surface area contributed by atoms with E-state index in [0.29, 0.717) is 0 Å². The number of fused-ring (bicyclic) bond motifs is 1. The second-order valence-electron chi connectivity index (χ2n) is 7.25. The number of ether oxygens (including phenoxy) is 1. The van der Waals surface area contributed by atoms with Crippen LogP contribution in [0.15, 0.2) is 23.2 Å². The number of rotatable bonds is 4. The van der Waals surface area contributed by atoms with Crippen molar-refractivity contribution in [2.75, 3.05) is 33.8 Å². The van der Waals surface area contributed by atoms with Crippen LogP contribution in [-0.2, 0) is 6.42 Å². The average molecular weight is 457 g/mol. The number of nitrogens with one attached hydrogen (secondary N) is 1. The monoisotopic (exact) mass is 457 g/mol. The van der Waals surface area contributed by atoms with E-state index in [9.17, 15) is 0 Å². The molecule has 140 valence electrons. The molecule has 0 radical (unpaired) electrons. The molecule has 1 aromatic rings. The number of aryl methyl sites for hydroxylation is 1. The summed E-state index contributed by atoms with van der Waals surface area (Å²) in [5.41, 5.74) is 2.54. The van der Waals surface area contributed by atoms with Gasteiger partial charge in [0.2, 0.25) is 0 Å². The molecule has 0 bridgehead atoms. The molecular weight excluding hydrogens is 425 g/mol. The Morgan fingerprint density at radius 2 is 1.92 bits per heavy atom. The van der Waals surface area contributed by atoms with Crippen LogP contribution in [0.4, 0.5) is 0 Å². The van der Waals surface area contributed by atoms with E-state index in [2.05, 4.69) is 40.3 Å². The van der Waals surface area contributed by atoms with Crippen molar-refractivity contribution in [1.82, 2.24) is 10.2 Å². The Morgan fingerprint density at radius 3 is 2.52 bits per heavy atom. The van der Waals surface area contributed by atoms with Crippen LogP contribution in [0.5, 0.6) is 5.75 Å². The molecule has 1 saturated heterocycles. The van der Waals surface area contributed by atoms with Crippen molar-refractivity contribution in [2.45, 2.75) is 39.0 Å². The smallest absolute Gasteiger partial charge is 0.193 e. The van der Waals surface area contributed by atoms with Crippen LogP contribution in [0, 0.1) is 18.8 Å². The zero-order valence-corrected chi connectivity index (χ0v) is 18.1. The zero-order chi connectivity index (χ0) is 16.9. The molecule has 1 heterocycles. The van der Waals surface area contributed by atoms with Crippen molar-refractivity contribution in [3.05, 3.63) is 29.3 Å². The molecule has 1 aliphatic carbocycles. The van der Waals surface area contributed by atoms with Crippen molar-refractivity contribution < 1.29 is 4.74 Å².